The zero-order chi connectivity index (χ0) is 15.6. The fourth-order valence-corrected chi connectivity index (χ4v) is 2.91. The van der Waals surface area contributed by atoms with Gasteiger partial charge in [0.25, 0.3) is 11.6 Å². The van der Waals surface area contributed by atoms with Crippen molar-refractivity contribution in [2.24, 2.45) is 0 Å². The molecule has 1 aromatic carbocycles. The summed E-state index contributed by atoms with van der Waals surface area (Å²) in [7, 11) is 0. The van der Waals surface area contributed by atoms with Crippen molar-refractivity contribution in [3.63, 3.8) is 0 Å². The molecule has 1 amide bonds. The Labute approximate surface area is 127 Å². The molecule has 21 heavy (non-hydrogen) atoms. The van der Waals surface area contributed by atoms with Crippen LogP contribution in [0, 0.1) is 10.1 Å². The summed E-state index contributed by atoms with van der Waals surface area (Å²) in [4.78, 5) is 24.3. The van der Waals surface area contributed by atoms with E-state index in [-0.39, 0.29) is 28.2 Å². The number of aliphatic hydroxyl groups excluding tert-OH is 1. The molecule has 0 radical (unpaired) electrons. The van der Waals surface area contributed by atoms with Crippen molar-refractivity contribution >= 4 is 23.2 Å². The first kappa shape index (κ1) is 15.7. The second-order valence-electron chi connectivity index (χ2n) is 5.22. The van der Waals surface area contributed by atoms with Crippen molar-refractivity contribution < 1.29 is 14.8 Å². The summed E-state index contributed by atoms with van der Waals surface area (Å²) in [6, 6.07) is 3.57. The molecule has 6 nitrogen and oxygen atoms in total. The van der Waals surface area contributed by atoms with Crippen LogP contribution in [0.25, 0.3) is 0 Å². The quantitative estimate of drug-likeness (QED) is 0.687. The normalized spacial score (nSPS) is 20.1. The van der Waals surface area contributed by atoms with Crippen molar-refractivity contribution in [3.8, 4) is 0 Å². The molecule has 0 bridgehead atoms. The lowest BCUT2D eigenvalue weighted by Gasteiger charge is -2.37. The molecule has 0 aromatic heterocycles. The summed E-state index contributed by atoms with van der Waals surface area (Å²) in [6.45, 7) is 2.22. The van der Waals surface area contributed by atoms with Crippen LogP contribution in [0.4, 0.5) is 5.69 Å². The van der Waals surface area contributed by atoms with Gasteiger partial charge in [0.2, 0.25) is 0 Å². The molecule has 7 heteroatoms. The van der Waals surface area contributed by atoms with Gasteiger partial charge in [-0.3, -0.25) is 14.9 Å². The molecule has 0 unspecified atom stereocenters. The number of piperidine rings is 1. The zero-order valence-corrected chi connectivity index (χ0v) is 12.4. The van der Waals surface area contributed by atoms with Crippen molar-refractivity contribution in [1.29, 1.82) is 0 Å². The minimum atomic E-state index is -0.619. The first-order valence-corrected chi connectivity index (χ1v) is 7.22. The molecule has 0 aliphatic carbocycles. The first-order chi connectivity index (χ1) is 9.91. The van der Waals surface area contributed by atoms with Gasteiger partial charge in [-0.1, -0.05) is 11.6 Å². The summed E-state index contributed by atoms with van der Waals surface area (Å²) in [6.07, 6.45) is 1.96. The number of hydrogen-bond acceptors (Lipinski definition) is 4. The van der Waals surface area contributed by atoms with E-state index in [4.69, 9.17) is 11.6 Å². The molecule has 0 saturated carbocycles. The number of likely N-dealkylation sites (tertiary alicyclic amines) is 1. The van der Waals surface area contributed by atoms with Crippen LogP contribution in [-0.2, 0) is 0 Å². The van der Waals surface area contributed by atoms with Gasteiger partial charge >= 0.3 is 0 Å². The van der Waals surface area contributed by atoms with Gasteiger partial charge in [-0.25, -0.2) is 0 Å². The SMILES string of the molecule is C[C@H](O)[C@H]1CCCCN1C(=O)c1ccc([N+](=O)[O-])cc1Cl. The largest absolute Gasteiger partial charge is 0.391 e. The van der Waals surface area contributed by atoms with Crippen LogP contribution in [0.5, 0.6) is 0 Å². The summed E-state index contributed by atoms with van der Waals surface area (Å²) in [5.41, 5.74) is 0.0806. The Morgan fingerprint density at radius 3 is 2.81 bits per heavy atom. The monoisotopic (exact) mass is 312 g/mol. The standard InChI is InChI=1S/C14H17ClN2O4/c1-9(18)13-4-2-3-7-16(13)14(19)11-6-5-10(17(20)21)8-12(11)15/h5-6,8-9,13,18H,2-4,7H2,1H3/t9-,13+/m0/s1. The van der Waals surface area contributed by atoms with Crippen LogP contribution in [0.15, 0.2) is 18.2 Å². The molecule has 114 valence electrons. The Morgan fingerprint density at radius 2 is 2.24 bits per heavy atom. The smallest absolute Gasteiger partial charge is 0.270 e. The van der Waals surface area contributed by atoms with Crippen LogP contribution in [-0.4, -0.2) is 39.5 Å². The van der Waals surface area contributed by atoms with Gasteiger partial charge in [-0.15, -0.1) is 0 Å². The van der Waals surface area contributed by atoms with Crippen LogP contribution in [0.3, 0.4) is 0 Å². The molecule has 2 atom stereocenters. The third-order valence-corrected chi connectivity index (χ3v) is 4.07. The number of hydrogen-bond donors (Lipinski definition) is 1. The summed E-state index contributed by atoms with van der Waals surface area (Å²) in [5, 5.41) is 20.6. The fourth-order valence-electron chi connectivity index (χ4n) is 2.66. The molecular formula is C14H17ClN2O4. The summed E-state index contributed by atoms with van der Waals surface area (Å²) in [5.74, 6) is -0.291. The molecule has 0 spiro atoms. The number of rotatable bonds is 3. The second kappa shape index (κ2) is 6.41. The van der Waals surface area contributed by atoms with Crippen molar-refractivity contribution in [1.82, 2.24) is 4.90 Å². The van der Waals surface area contributed by atoms with E-state index in [9.17, 15) is 20.0 Å². The van der Waals surface area contributed by atoms with Gasteiger partial charge < -0.3 is 10.0 Å². The Kier molecular flexibility index (Phi) is 4.80. The average molecular weight is 313 g/mol. The molecular weight excluding hydrogens is 296 g/mol. The van der Waals surface area contributed by atoms with Gasteiger partial charge in [0.15, 0.2) is 0 Å². The number of nitro benzene ring substituents is 1. The zero-order valence-electron chi connectivity index (χ0n) is 11.7. The van der Waals surface area contributed by atoms with E-state index in [2.05, 4.69) is 0 Å². The van der Waals surface area contributed by atoms with E-state index in [1.165, 1.54) is 18.2 Å². The van der Waals surface area contributed by atoms with E-state index < -0.39 is 11.0 Å². The van der Waals surface area contributed by atoms with E-state index in [1.54, 1.807) is 11.8 Å². The number of amides is 1. The van der Waals surface area contributed by atoms with Gasteiger partial charge in [0.05, 0.1) is 27.7 Å². The molecule has 1 aliphatic rings. The highest BCUT2D eigenvalue weighted by Crippen LogP contribution is 2.27. The molecule has 1 fully saturated rings. The maximum atomic E-state index is 12.6. The number of benzene rings is 1. The molecule has 1 heterocycles. The van der Waals surface area contributed by atoms with E-state index in [0.29, 0.717) is 6.54 Å². The maximum Gasteiger partial charge on any atom is 0.270 e. The Balaban J connectivity index is 2.28. The molecule has 1 saturated heterocycles. The lowest BCUT2D eigenvalue weighted by atomic mass is 9.97. The van der Waals surface area contributed by atoms with Gasteiger partial charge in [-0.05, 0) is 32.3 Å². The highest BCUT2D eigenvalue weighted by molar-refractivity contribution is 6.34. The highest BCUT2D eigenvalue weighted by Gasteiger charge is 2.31. The highest BCUT2D eigenvalue weighted by atomic mass is 35.5. The number of non-ortho nitro benzene ring substituents is 1. The summed E-state index contributed by atoms with van der Waals surface area (Å²) < 4.78 is 0. The molecule has 2 rings (SSSR count). The van der Waals surface area contributed by atoms with E-state index in [1.807, 2.05) is 0 Å². The van der Waals surface area contributed by atoms with Crippen LogP contribution in [0.1, 0.15) is 36.5 Å². The topological polar surface area (TPSA) is 83.7 Å². The van der Waals surface area contributed by atoms with Crippen molar-refractivity contribution in [2.75, 3.05) is 6.54 Å². The van der Waals surface area contributed by atoms with E-state index in [0.717, 1.165) is 19.3 Å². The van der Waals surface area contributed by atoms with Crippen LogP contribution in [0.2, 0.25) is 5.02 Å². The van der Waals surface area contributed by atoms with Crippen LogP contribution < -0.4 is 0 Å². The number of halogens is 1. The van der Waals surface area contributed by atoms with Crippen molar-refractivity contribution in [3.05, 3.63) is 38.9 Å². The number of aliphatic hydroxyl groups is 1. The predicted octanol–water partition coefficient (Wildman–Crippen LogP) is 2.62. The summed E-state index contributed by atoms with van der Waals surface area (Å²) >= 11 is 6.00. The Bertz CT molecular complexity index is 562. The lowest BCUT2D eigenvalue weighted by Crippen LogP contribution is -2.49. The fraction of sp³-hybridized carbons (Fsp3) is 0.500. The number of nitrogens with zero attached hydrogens (tertiary/aromatic N) is 2. The van der Waals surface area contributed by atoms with E-state index >= 15 is 0 Å². The Morgan fingerprint density at radius 1 is 1.52 bits per heavy atom. The third kappa shape index (κ3) is 3.33. The average Bonchev–Trinajstić information content (AvgIpc) is 2.46. The lowest BCUT2D eigenvalue weighted by molar-refractivity contribution is -0.384. The van der Waals surface area contributed by atoms with Gasteiger partial charge in [0, 0.05) is 18.7 Å². The second-order valence-corrected chi connectivity index (χ2v) is 5.63. The van der Waals surface area contributed by atoms with Gasteiger partial charge in [0.1, 0.15) is 0 Å². The Hall–Kier alpha value is -1.66. The minimum Gasteiger partial charge on any atom is -0.391 e. The third-order valence-electron chi connectivity index (χ3n) is 3.76. The number of carbonyl (C=O) groups is 1. The first-order valence-electron chi connectivity index (χ1n) is 6.85. The molecule has 1 N–H and O–H groups in total. The van der Waals surface area contributed by atoms with Crippen LogP contribution >= 0.6 is 11.6 Å². The number of nitro groups is 1. The number of carbonyl (C=O) groups excluding carboxylic acids is 1. The maximum absolute atomic E-state index is 12.6. The molecule has 1 aromatic rings. The minimum absolute atomic E-state index is 0.0594. The van der Waals surface area contributed by atoms with Gasteiger partial charge in [-0.2, -0.15) is 0 Å². The predicted molar refractivity (Wildman–Crippen MR) is 78.5 cm³/mol. The van der Waals surface area contributed by atoms with Crippen molar-refractivity contribution in [2.45, 2.75) is 38.3 Å². The molecule has 1 aliphatic heterocycles.